The van der Waals surface area contributed by atoms with Crippen LogP contribution in [0, 0.1) is 11.8 Å². The van der Waals surface area contributed by atoms with E-state index in [1.54, 1.807) is 0 Å². The monoisotopic (exact) mass is 446 g/mol. The first-order valence-electron chi connectivity index (χ1n) is 13.3. The highest BCUT2D eigenvalue weighted by atomic mass is 31.2. The van der Waals surface area contributed by atoms with Crippen LogP contribution < -0.4 is 0 Å². The Kier molecular flexibility index (Phi) is 21.1. The van der Waals surface area contributed by atoms with E-state index in [0.29, 0.717) is 19.4 Å². The van der Waals surface area contributed by atoms with E-state index < -0.39 is 7.60 Å². The first-order chi connectivity index (χ1) is 14.4. The Morgan fingerprint density at radius 3 is 1.40 bits per heavy atom. The summed E-state index contributed by atoms with van der Waals surface area (Å²) >= 11 is 0. The summed E-state index contributed by atoms with van der Waals surface area (Å²) < 4.78 is 24.9. The molecule has 4 heteroatoms. The molecule has 0 aliphatic heterocycles. The van der Waals surface area contributed by atoms with Gasteiger partial charge in [-0.05, 0) is 31.1 Å². The molecule has 0 heterocycles. The zero-order chi connectivity index (χ0) is 22.5. The minimum atomic E-state index is -2.91. The molecular weight excluding hydrogens is 391 g/mol. The zero-order valence-electron chi connectivity index (χ0n) is 21.3. The van der Waals surface area contributed by atoms with Gasteiger partial charge >= 0.3 is 7.60 Å². The van der Waals surface area contributed by atoms with Crippen LogP contribution in [0.4, 0.5) is 0 Å². The van der Waals surface area contributed by atoms with E-state index in [0.717, 1.165) is 37.5 Å². The van der Waals surface area contributed by atoms with Gasteiger partial charge in [-0.15, -0.1) is 0 Å². The lowest BCUT2D eigenvalue weighted by atomic mass is 10.0. The van der Waals surface area contributed by atoms with Crippen LogP contribution in [-0.4, -0.2) is 19.4 Å². The van der Waals surface area contributed by atoms with Gasteiger partial charge in [0.2, 0.25) is 0 Å². The molecule has 0 amide bonds. The van der Waals surface area contributed by atoms with Gasteiger partial charge in [0.1, 0.15) is 0 Å². The molecule has 0 rings (SSSR count). The molecule has 0 fully saturated rings. The summed E-state index contributed by atoms with van der Waals surface area (Å²) in [4.78, 5) is 0. The summed E-state index contributed by atoms with van der Waals surface area (Å²) in [7, 11) is -2.91. The largest absolute Gasteiger partial charge is 0.330 e. The molecule has 0 aromatic heterocycles. The third kappa shape index (κ3) is 21.4. The van der Waals surface area contributed by atoms with Gasteiger partial charge in [0, 0.05) is 0 Å². The van der Waals surface area contributed by atoms with Crippen molar-refractivity contribution in [2.45, 2.75) is 137 Å². The van der Waals surface area contributed by atoms with E-state index in [1.807, 2.05) is 0 Å². The summed E-state index contributed by atoms with van der Waals surface area (Å²) in [6.07, 6.45) is 19.9. The Hall–Kier alpha value is 0.150. The van der Waals surface area contributed by atoms with Crippen LogP contribution in [0.5, 0.6) is 0 Å². The maximum atomic E-state index is 13.2. The lowest BCUT2D eigenvalue weighted by Gasteiger charge is -2.19. The highest BCUT2D eigenvalue weighted by molar-refractivity contribution is 7.53. The minimum absolute atomic E-state index is 0.588. The van der Waals surface area contributed by atoms with Crippen LogP contribution in [0.1, 0.15) is 137 Å². The quantitative estimate of drug-likeness (QED) is 0.116. The predicted molar refractivity (Wildman–Crippen MR) is 134 cm³/mol. The van der Waals surface area contributed by atoms with Crippen LogP contribution in [0.3, 0.4) is 0 Å². The van der Waals surface area contributed by atoms with Crippen molar-refractivity contribution >= 4 is 7.60 Å². The molecule has 0 aromatic rings. The van der Waals surface area contributed by atoms with Crippen LogP contribution >= 0.6 is 7.60 Å². The molecule has 0 radical (unpaired) electrons. The molecule has 0 aromatic carbocycles. The van der Waals surface area contributed by atoms with E-state index in [9.17, 15) is 4.57 Å². The summed E-state index contributed by atoms with van der Waals surface area (Å²) in [6, 6.07) is 0. The molecule has 0 unspecified atom stereocenters. The van der Waals surface area contributed by atoms with Crippen LogP contribution in [0.25, 0.3) is 0 Å². The van der Waals surface area contributed by atoms with Crippen molar-refractivity contribution in [1.29, 1.82) is 0 Å². The van der Waals surface area contributed by atoms with E-state index in [1.165, 1.54) is 77.0 Å². The molecule has 0 spiro atoms. The molecule has 0 bridgehead atoms. The van der Waals surface area contributed by atoms with Crippen LogP contribution in [0.15, 0.2) is 0 Å². The molecule has 0 aliphatic carbocycles. The van der Waals surface area contributed by atoms with Crippen molar-refractivity contribution in [3.05, 3.63) is 0 Å². The fourth-order valence-corrected chi connectivity index (χ4v) is 5.43. The average Bonchev–Trinajstić information content (AvgIpc) is 2.69. The second kappa shape index (κ2) is 21.0. The Morgan fingerprint density at radius 2 is 0.967 bits per heavy atom. The molecule has 0 saturated carbocycles. The standard InChI is InChI=1S/C26H55O3P/c1-6-7-8-19-24-30(27,28-22-17-13-9-11-15-20-25(2)3)29-23-18-14-10-12-16-21-26(4)5/h25-26H,6-24H2,1-5H3. The summed E-state index contributed by atoms with van der Waals surface area (Å²) in [5, 5.41) is 0. The Balaban J connectivity index is 3.98. The lowest BCUT2D eigenvalue weighted by Crippen LogP contribution is -2.04. The maximum Gasteiger partial charge on any atom is 0.330 e. The first kappa shape index (κ1) is 30.1. The van der Waals surface area contributed by atoms with Crippen molar-refractivity contribution in [3.8, 4) is 0 Å². The Morgan fingerprint density at radius 1 is 0.567 bits per heavy atom. The predicted octanol–water partition coefficient (Wildman–Crippen LogP) is 9.79. The number of unbranched alkanes of at least 4 members (excludes halogenated alkanes) is 11. The molecular formula is C26H55O3P. The minimum Gasteiger partial charge on any atom is -0.309 e. The molecule has 0 saturated heterocycles. The van der Waals surface area contributed by atoms with E-state index in [4.69, 9.17) is 9.05 Å². The summed E-state index contributed by atoms with van der Waals surface area (Å²) in [5.74, 6) is 1.62. The molecule has 30 heavy (non-hydrogen) atoms. The van der Waals surface area contributed by atoms with Gasteiger partial charge in [0.05, 0.1) is 19.4 Å². The van der Waals surface area contributed by atoms with Crippen molar-refractivity contribution in [2.75, 3.05) is 19.4 Å². The van der Waals surface area contributed by atoms with Gasteiger partial charge in [0.25, 0.3) is 0 Å². The third-order valence-electron chi connectivity index (χ3n) is 5.71. The van der Waals surface area contributed by atoms with Crippen molar-refractivity contribution in [3.63, 3.8) is 0 Å². The summed E-state index contributed by atoms with van der Waals surface area (Å²) in [6.45, 7) is 12.5. The van der Waals surface area contributed by atoms with Crippen LogP contribution in [-0.2, 0) is 13.6 Å². The van der Waals surface area contributed by atoms with Crippen LogP contribution in [0.2, 0.25) is 0 Å². The average molecular weight is 447 g/mol. The Labute approximate surface area is 190 Å². The maximum absolute atomic E-state index is 13.2. The second-order valence-corrected chi connectivity index (χ2v) is 12.1. The number of hydrogen-bond acceptors (Lipinski definition) is 3. The van der Waals surface area contributed by atoms with Gasteiger partial charge in [-0.2, -0.15) is 0 Å². The number of rotatable bonds is 23. The first-order valence-corrected chi connectivity index (χ1v) is 15.0. The lowest BCUT2D eigenvalue weighted by molar-refractivity contribution is 0.197. The smallest absolute Gasteiger partial charge is 0.309 e. The van der Waals surface area contributed by atoms with Gasteiger partial charge < -0.3 is 9.05 Å². The third-order valence-corrected chi connectivity index (χ3v) is 7.73. The fourth-order valence-electron chi connectivity index (χ4n) is 3.68. The molecule has 0 N–H and O–H groups in total. The zero-order valence-corrected chi connectivity index (χ0v) is 22.2. The van der Waals surface area contributed by atoms with Gasteiger partial charge in [0.15, 0.2) is 0 Å². The van der Waals surface area contributed by atoms with Gasteiger partial charge in [-0.25, -0.2) is 0 Å². The SMILES string of the molecule is CCCCCCP(=O)(OCCCCCCCC(C)C)OCCCCCCCC(C)C. The normalized spacial score (nSPS) is 12.4. The van der Waals surface area contributed by atoms with Crippen molar-refractivity contribution in [1.82, 2.24) is 0 Å². The molecule has 0 aliphatic rings. The highest BCUT2D eigenvalue weighted by Gasteiger charge is 2.23. The van der Waals surface area contributed by atoms with Crippen molar-refractivity contribution in [2.24, 2.45) is 11.8 Å². The molecule has 3 nitrogen and oxygen atoms in total. The highest BCUT2D eigenvalue weighted by Crippen LogP contribution is 2.49. The Bertz CT molecular complexity index is 368. The summed E-state index contributed by atoms with van der Waals surface area (Å²) in [5.41, 5.74) is 0. The number of hydrogen-bond donors (Lipinski definition) is 0. The van der Waals surface area contributed by atoms with E-state index in [-0.39, 0.29) is 0 Å². The van der Waals surface area contributed by atoms with E-state index >= 15 is 0 Å². The fraction of sp³-hybridized carbons (Fsp3) is 1.00. The van der Waals surface area contributed by atoms with E-state index in [2.05, 4.69) is 34.6 Å². The molecule has 182 valence electrons. The van der Waals surface area contributed by atoms with Crippen molar-refractivity contribution < 1.29 is 13.6 Å². The second-order valence-electron chi connectivity index (χ2n) is 9.96. The van der Waals surface area contributed by atoms with Gasteiger partial charge in [-0.1, -0.05) is 118 Å². The molecule has 0 atom stereocenters. The van der Waals surface area contributed by atoms with Gasteiger partial charge in [-0.3, -0.25) is 4.57 Å². The topological polar surface area (TPSA) is 35.5 Å².